The first-order valence-corrected chi connectivity index (χ1v) is 9.24. The molecule has 1 amide bonds. The van der Waals surface area contributed by atoms with E-state index in [0.29, 0.717) is 18.1 Å². The summed E-state index contributed by atoms with van der Waals surface area (Å²) in [5.74, 6) is 0.595. The number of pyridine rings is 1. The largest absolute Gasteiger partial charge is 0.444 e. The summed E-state index contributed by atoms with van der Waals surface area (Å²) in [6.07, 6.45) is 1.41. The first-order valence-electron chi connectivity index (χ1n) is 9.24. The summed E-state index contributed by atoms with van der Waals surface area (Å²) in [7, 11) is 1.99. The highest BCUT2D eigenvalue weighted by atomic mass is 16.6. The Labute approximate surface area is 165 Å². The van der Waals surface area contributed by atoms with E-state index in [2.05, 4.69) is 15.5 Å². The van der Waals surface area contributed by atoms with Crippen molar-refractivity contribution in [2.45, 2.75) is 39.0 Å². The molecule has 146 valence electrons. The summed E-state index contributed by atoms with van der Waals surface area (Å²) in [4.78, 5) is 12.4. The first-order chi connectivity index (χ1) is 13.3. The SMILES string of the molecule is Bc1ccc2nnc([C@@H](COCc3ccccc3)NC(=O)OC(C)(C)C)n2c1. The van der Waals surface area contributed by atoms with E-state index < -0.39 is 17.7 Å². The summed E-state index contributed by atoms with van der Waals surface area (Å²) >= 11 is 0. The van der Waals surface area contributed by atoms with Crippen molar-refractivity contribution >= 4 is 25.0 Å². The van der Waals surface area contributed by atoms with Crippen LogP contribution in [0.1, 0.15) is 38.2 Å². The predicted molar refractivity (Wildman–Crippen MR) is 109 cm³/mol. The van der Waals surface area contributed by atoms with Gasteiger partial charge in [-0.3, -0.25) is 4.40 Å². The number of carbonyl (C=O) groups excluding carboxylic acids is 1. The fourth-order valence-electron chi connectivity index (χ4n) is 2.75. The van der Waals surface area contributed by atoms with Crippen molar-refractivity contribution in [2.24, 2.45) is 0 Å². The Hall–Kier alpha value is -2.87. The third-order valence-electron chi connectivity index (χ3n) is 3.98. The molecule has 2 aromatic heterocycles. The molecule has 1 N–H and O–H groups in total. The first kappa shape index (κ1) is 19.9. The molecule has 0 unspecified atom stereocenters. The molecule has 1 aromatic carbocycles. The van der Waals surface area contributed by atoms with Crippen LogP contribution in [-0.2, 0) is 16.1 Å². The molecular weight excluding hydrogens is 355 g/mol. The zero-order valence-electron chi connectivity index (χ0n) is 16.7. The second kappa shape index (κ2) is 8.43. The van der Waals surface area contributed by atoms with Gasteiger partial charge in [-0.05, 0) is 32.4 Å². The van der Waals surface area contributed by atoms with Gasteiger partial charge in [0, 0.05) is 6.20 Å². The van der Waals surface area contributed by atoms with E-state index in [1.54, 1.807) is 0 Å². The maximum Gasteiger partial charge on any atom is 0.408 e. The number of benzene rings is 1. The smallest absolute Gasteiger partial charge is 0.408 e. The topological polar surface area (TPSA) is 77.8 Å². The second-order valence-electron chi connectivity index (χ2n) is 7.69. The van der Waals surface area contributed by atoms with Crippen molar-refractivity contribution in [1.29, 1.82) is 0 Å². The number of alkyl carbamates (subject to hydrolysis) is 1. The van der Waals surface area contributed by atoms with Gasteiger partial charge in [0.25, 0.3) is 0 Å². The highest BCUT2D eigenvalue weighted by Gasteiger charge is 2.24. The minimum absolute atomic E-state index is 0.239. The highest BCUT2D eigenvalue weighted by Crippen LogP contribution is 2.15. The minimum atomic E-state index is -0.594. The molecule has 0 fully saturated rings. The minimum Gasteiger partial charge on any atom is -0.444 e. The van der Waals surface area contributed by atoms with Crippen molar-refractivity contribution in [3.8, 4) is 0 Å². The van der Waals surface area contributed by atoms with Crippen LogP contribution in [0.2, 0.25) is 0 Å². The summed E-state index contributed by atoms with van der Waals surface area (Å²) in [6, 6.07) is 13.2. The number of amides is 1. The van der Waals surface area contributed by atoms with Crippen LogP contribution >= 0.6 is 0 Å². The van der Waals surface area contributed by atoms with Crippen molar-refractivity contribution in [3.05, 3.63) is 60.0 Å². The van der Waals surface area contributed by atoms with Crippen LogP contribution in [0, 0.1) is 0 Å². The molecule has 0 radical (unpaired) electrons. The Morgan fingerprint density at radius 2 is 1.93 bits per heavy atom. The Balaban J connectivity index is 1.78. The Bertz CT molecular complexity index is 938. The van der Waals surface area contributed by atoms with Gasteiger partial charge in [0.15, 0.2) is 11.5 Å². The van der Waals surface area contributed by atoms with Gasteiger partial charge in [0.2, 0.25) is 0 Å². The number of hydrogen-bond acceptors (Lipinski definition) is 5. The van der Waals surface area contributed by atoms with Gasteiger partial charge in [-0.1, -0.05) is 41.9 Å². The fourth-order valence-corrected chi connectivity index (χ4v) is 2.75. The van der Waals surface area contributed by atoms with Crippen LogP contribution in [0.25, 0.3) is 5.65 Å². The predicted octanol–water partition coefficient (Wildman–Crippen LogP) is 1.77. The maximum atomic E-state index is 12.4. The van der Waals surface area contributed by atoms with Crippen molar-refractivity contribution < 1.29 is 14.3 Å². The van der Waals surface area contributed by atoms with E-state index in [1.807, 2.05) is 81.7 Å². The Morgan fingerprint density at radius 3 is 2.64 bits per heavy atom. The second-order valence-corrected chi connectivity index (χ2v) is 7.69. The molecule has 3 aromatic rings. The molecule has 8 heteroatoms. The zero-order valence-corrected chi connectivity index (χ0v) is 16.7. The van der Waals surface area contributed by atoms with Crippen molar-refractivity contribution in [1.82, 2.24) is 19.9 Å². The lowest BCUT2D eigenvalue weighted by molar-refractivity contribution is 0.0420. The van der Waals surface area contributed by atoms with Gasteiger partial charge < -0.3 is 14.8 Å². The third kappa shape index (κ3) is 5.33. The maximum absolute atomic E-state index is 12.4. The molecule has 0 aliphatic carbocycles. The molecule has 0 spiro atoms. The molecule has 0 aliphatic heterocycles. The lowest BCUT2D eigenvalue weighted by Gasteiger charge is -2.23. The molecule has 0 saturated heterocycles. The van der Waals surface area contributed by atoms with Crippen LogP contribution in [-0.4, -0.2) is 40.7 Å². The van der Waals surface area contributed by atoms with E-state index in [1.165, 1.54) is 0 Å². The molecule has 1 atom stereocenters. The quantitative estimate of drug-likeness (QED) is 0.660. The van der Waals surface area contributed by atoms with E-state index in [4.69, 9.17) is 9.47 Å². The molecule has 28 heavy (non-hydrogen) atoms. The lowest BCUT2D eigenvalue weighted by atomic mass is 9.99. The average Bonchev–Trinajstić information content (AvgIpc) is 3.03. The molecule has 3 rings (SSSR count). The summed E-state index contributed by atoms with van der Waals surface area (Å²) in [5.41, 5.74) is 2.23. The fraction of sp³-hybridized carbons (Fsp3) is 0.350. The number of carbonyl (C=O) groups is 1. The van der Waals surface area contributed by atoms with E-state index >= 15 is 0 Å². The number of ether oxygens (including phenoxy) is 2. The standard InChI is InChI=1S/C20H25BN4O3/c1-20(2,3)28-19(26)22-16(13-27-12-14-7-5-4-6-8-14)18-24-23-17-10-9-15(21)11-25(17)18/h4-11,16H,12-13,21H2,1-3H3,(H,22,26)/t16-/m1/s1. The summed E-state index contributed by atoms with van der Waals surface area (Å²) in [5, 5.41) is 11.3. The van der Waals surface area contributed by atoms with Crippen molar-refractivity contribution in [2.75, 3.05) is 6.61 Å². The summed E-state index contributed by atoms with van der Waals surface area (Å²) < 4.78 is 13.1. The van der Waals surface area contributed by atoms with Gasteiger partial charge in [0.05, 0.1) is 13.2 Å². The van der Waals surface area contributed by atoms with Crippen LogP contribution in [0.3, 0.4) is 0 Å². The molecule has 2 heterocycles. The molecule has 0 bridgehead atoms. The third-order valence-corrected chi connectivity index (χ3v) is 3.98. The van der Waals surface area contributed by atoms with Crippen LogP contribution in [0.4, 0.5) is 4.79 Å². The number of aromatic nitrogens is 3. The Kier molecular flexibility index (Phi) is 5.99. The monoisotopic (exact) mass is 380 g/mol. The number of fused-ring (bicyclic) bond motifs is 1. The number of rotatable bonds is 6. The number of nitrogens with zero attached hydrogens (tertiary/aromatic N) is 3. The normalized spacial score (nSPS) is 12.7. The van der Waals surface area contributed by atoms with Crippen LogP contribution in [0.15, 0.2) is 48.7 Å². The lowest BCUT2D eigenvalue weighted by Crippen LogP contribution is -2.37. The number of nitrogens with one attached hydrogen (secondary N) is 1. The van der Waals surface area contributed by atoms with Crippen molar-refractivity contribution in [3.63, 3.8) is 0 Å². The van der Waals surface area contributed by atoms with Crippen LogP contribution < -0.4 is 10.8 Å². The van der Waals surface area contributed by atoms with Gasteiger partial charge in [0.1, 0.15) is 19.5 Å². The van der Waals surface area contributed by atoms with E-state index in [-0.39, 0.29) is 6.61 Å². The molecular formula is C20H25BN4O3. The Morgan fingerprint density at radius 1 is 1.18 bits per heavy atom. The van der Waals surface area contributed by atoms with Crippen LogP contribution in [0.5, 0.6) is 0 Å². The zero-order chi connectivity index (χ0) is 20.1. The molecule has 7 nitrogen and oxygen atoms in total. The van der Waals surface area contributed by atoms with E-state index in [9.17, 15) is 4.79 Å². The molecule has 0 aliphatic rings. The van der Waals surface area contributed by atoms with Gasteiger partial charge in [-0.25, -0.2) is 4.79 Å². The van der Waals surface area contributed by atoms with Gasteiger partial charge in [-0.15, -0.1) is 10.2 Å². The highest BCUT2D eigenvalue weighted by molar-refractivity contribution is 6.32. The van der Waals surface area contributed by atoms with Gasteiger partial charge >= 0.3 is 6.09 Å². The molecule has 0 saturated carbocycles. The average molecular weight is 380 g/mol. The van der Waals surface area contributed by atoms with Gasteiger partial charge in [-0.2, -0.15) is 0 Å². The van der Waals surface area contributed by atoms with E-state index in [0.717, 1.165) is 11.0 Å². The summed E-state index contributed by atoms with van der Waals surface area (Å²) in [6.45, 7) is 6.14. The number of hydrogen-bond donors (Lipinski definition) is 1.